The number of hydrogen-bond donors (Lipinski definition) is 0. The molecule has 1 aliphatic rings. The summed E-state index contributed by atoms with van der Waals surface area (Å²) in [6.45, 7) is 1.24. The van der Waals surface area contributed by atoms with Crippen molar-refractivity contribution < 1.29 is 17.9 Å². The smallest absolute Gasteiger partial charge is 0.243 e. The Morgan fingerprint density at radius 3 is 2.52 bits per heavy atom. The van der Waals surface area contributed by atoms with E-state index in [-0.39, 0.29) is 6.04 Å². The zero-order chi connectivity index (χ0) is 17.7. The average Bonchev–Trinajstić information content (AvgIpc) is 2.67. The third kappa shape index (κ3) is 4.21. The highest BCUT2D eigenvalue weighted by Crippen LogP contribution is 2.24. The highest BCUT2D eigenvalue weighted by Gasteiger charge is 2.33. The van der Waals surface area contributed by atoms with Gasteiger partial charge in [0.15, 0.2) is 0 Å². The monoisotopic (exact) mass is 361 g/mol. The van der Waals surface area contributed by atoms with E-state index in [2.05, 4.69) is 12.1 Å². The van der Waals surface area contributed by atoms with Gasteiger partial charge in [0.05, 0.1) is 25.2 Å². The molecule has 134 valence electrons. The van der Waals surface area contributed by atoms with Crippen molar-refractivity contribution >= 4 is 10.0 Å². The molecule has 0 aromatic heterocycles. The van der Waals surface area contributed by atoms with E-state index in [1.165, 1.54) is 5.56 Å². The Hall–Kier alpha value is -1.89. The van der Waals surface area contributed by atoms with Gasteiger partial charge in [-0.05, 0) is 42.7 Å². The van der Waals surface area contributed by atoms with Crippen LogP contribution in [0.5, 0.6) is 5.75 Å². The molecule has 6 heteroatoms. The van der Waals surface area contributed by atoms with Gasteiger partial charge in [0.2, 0.25) is 10.0 Å². The van der Waals surface area contributed by atoms with Crippen LogP contribution in [0.3, 0.4) is 0 Å². The Kier molecular flexibility index (Phi) is 5.73. The van der Waals surface area contributed by atoms with Crippen LogP contribution in [0.1, 0.15) is 12.0 Å². The minimum absolute atomic E-state index is 0.152. The molecular weight excluding hydrogens is 338 g/mol. The number of aryl methyl sites for hydroxylation is 1. The lowest BCUT2D eigenvalue weighted by Gasteiger charge is -2.34. The molecule has 0 spiro atoms. The Balaban J connectivity index is 1.76. The molecule has 1 aliphatic heterocycles. The summed E-state index contributed by atoms with van der Waals surface area (Å²) in [6.07, 6.45) is 1.56. The van der Waals surface area contributed by atoms with Crippen molar-refractivity contribution in [2.45, 2.75) is 23.8 Å². The van der Waals surface area contributed by atoms with Crippen molar-refractivity contribution in [3.63, 3.8) is 0 Å². The normalized spacial score (nSPS) is 18.8. The van der Waals surface area contributed by atoms with Gasteiger partial charge >= 0.3 is 0 Å². The Bertz CT molecular complexity index is 775. The molecular formula is C19H23NO4S. The molecule has 0 N–H and O–H groups in total. The molecule has 0 radical (unpaired) electrons. The minimum atomic E-state index is -3.54. The molecule has 1 atom stereocenters. The zero-order valence-corrected chi connectivity index (χ0v) is 15.1. The van der Waals surface area contributed by atoms with Crippen molar-refractivity contribution in [3.05, 3.63) is 60.2 Å². The standard InChI is InChI=1S/C19H23NO4S/c1-23-18-9-11-19(12-10-18)25(21,22)20-13-14-24-15-17(20)8-7-16-5-3-2-4-6-16/h2-6,9-12,17H,7-8,13-15H2,1H3. The van der Waals surface area contributed by atoms with Crippen LogP contribution >= 0.6 is 0 Å². The third-order valence-corrected chi connectivity index (χ3v) is 6.41. The van der Waals surface area contributed by atoms with E-state index in [4.69, 9.17) is 9.47 Å². The quantitative estimate of drug-likeness (QED) is 0.794. The van der Waals surface area contributed by atoms with Crippen molar-refractivity contribution in [1.82, 2.24) is 4.31 Å². The van der Waals surface area contributed by atoms with E-state index in [0.717, 1.165) is 12.8 Å². The third-order valence-electron chi connectivity index (χ3n) is 4.45. The highest BCUT2D eigenvalue weighted by atomic mass is 32.2. The number of methoxy groups -OCH3 is 1. The van der Waals surface area contributed by atoms with Gasteiger partial charge in [0.1, 0.15) is 5.75 Å². The van der Waals surface area contributed by atoms with E-state index < -0.39 is 10.0 Å². The molecule has 0 saturated carbocycles. The summed E-state index contributed by atoms with van der Waals surface area (Å²) in [5, 5.41) is 0. The first-order chi connectivity index (χ1) is 12.1. The van der Waals surface area contributed by atoms with Crippen molar-refractivity contribution in [2.24, 2.45) is 0 Å². The fourth-order valence-corrected chi connectivity index (χ4v) is 4.67. The molecule has 0 aliphatic carbocycles. The lowest BCUT2D eigenvalue weighted by molar-refractivity contribution is 0.0298. The molecule has 2 aromatic rings. The van der Waals surface area contributed by atoms with Gasteiger partial charge in [-0.1, -0.05) is 30.3 Å². The number of morpholine rings is 1. The second-order valence-electron chi connectivity index (χ2n) is 6.04. The van der Waals surface area contributed by atoms with Crippen LogP contribution in [0.25, 0.3) is 0 Å². The van der Waals surface area contributed by atoms with Crippen molar-refractivity contribution in [2.75, 3.05) is 26.9 Å². The maximum Gasteiger partial charge on any atom is 0.243 e. The van der Waals surface area contributed by atoms with E-state index in [0.29, 0.717) is 30.4 Å². The number of rotatable bonds is 6. The van der Waals surface area contributed by atoms with Crippen LogP contribution in [0.2, 0.25) is 0 Å². The first-order valence-electron chi connectivity index (χ1n) is 8.39. The summed E-state index contributed by atoms with van der Waals surface area (Å²) in [5.74, 6) is 0.640. The van der Waals surface area contributed by atoms with Crippen LogP contribution in [0.15, 0.2) is 59.5 Å². The number of ether oxygens (including phenoxy) is 2. The van der Waals surface area contributed by atoms with Crippen LogP contribution in [0.4, 0.5) is 0 Å². The predicted molar refractivity (Wildman–Crippen MR) is 96.3 cm³/mol. The maximum atomic E-state index is 13.0. The summed E-state index contributed by atoms with van der Waals surface area (Å²) in [4.78, 5) is 0.292. The summed E-state index contributed by atoms with van der Waals surface area (Å²) < 4.78 is 38.3. The minimum Gasteiger partial charge on any atom is -0.497 e. The number of benzene rings is 2. The molecule has 1 heterocycles. The van der Waals surface area contributed by atoms with E-state index in [1.54, 1.807) is 35.7 Å². The van der Waals surface area contributed by atoms with Crippen LogP contribution in [0, 0.1) is 0 Å². The fraction of sp³-hybridized carbons (Fsp3) is 0.368. The van der Waals surface area contributed by atoms with Gasteiger partial charge in [-0.3, -0.25) is 0 Å². The summed E-state index contributed by atoms with van der Waals surface area (Å²) in [6, 6.07) is 16.5. The van der Waals surface area contributed by atoms with E-state index >= 15 is 0 Å². The van der Waals surface area contributed by atoms with Gasteiger partial charge in [0, 0.05) is 12.6 Å². The number of sulfonamides is 1. The highest BCUT2D eigenvalue weighted by molar-refractivity contribution is 7.89. The molecule has 3 rings (SSSR count). The topological polar surface area (TPSA) is 55.8 Å². The van der Waals surface area contributed by atoms with Gasteiger partial charge in [0.25, 0.3) is 0 Å². The number of hydrogen-bond acceptors (Lipinski definition) is 4. The molecule has 0 amide bonds. The van der Waals surface area contributed by atoms with E-state index in [1.807, 2.05) is 18.2 Å². The molecule has 1 unspecified atom stereocenters. The first-order valence-corrected chi connectivity index (χ1v) is 9.83. The summed E-state index contributed by atoms with van der Waals surface area (Å²) in [7, 11) is -1.98. The summed E-state index contributed by atoms with van der Waals surface area (Å²) in [5.41, 5.74) is 1.20. The van der Waals surface area contributed by atoms with Crippen LogP contribution in [-0.4, -0.2) is 45.6 Å². The van der Waals surface area contributed by atoms with Gasteiger partial charge in [-0.15, -0.1) is 0 Å². The van der Waals surface area contributed by atoms with Gasteiger partial charge < -0.3 is 9.47 Å². The first kappa shape index (κ1) is 17.9. The molecule has 1 fully saturated rings. The maximum absolute atomic E-state index is 13.0. The lowest BCUT2D eigenvalue weighted by atomic mass is 10.1. The predicted octanol–water partition coefficient (Wildman–Crippen LogP) is 2.72. The van der Waals surface area contributed by atoms with Crippen LogP contribution in [-0.2, 0) is 21.2 Å². The second kappa shape index (κ2) is 7.99. The van der Waals surface area contributed by atoms with Crippen LogP contribution < -0.4 is 4.74 Å². The van der Waals surface area contributed by atoms with E-state index in [9.17, 15) is 8.42 Å². The second-order valence-corrected chi connectivity index (χ2v) is 7.93. The van der Waals surface area contributed by atoms with Crippen molar-refractivity contribution in [3.8, 4) is 5.75 Å². The molecule has 25 heavy (non-hydrogen) atoms. The average molecular weight is 361 g/mol. The SMILES string of the molecule is COc1ccc(S(=O)(=O)N2CCOCC2CCc2ccccc2)cc1. The summed E-state index contributed by atoms with van der Waals surface area (Å²) >= 11 is 0. The Labute approximate surface area is 149 Å². The lowest BCUT2D eigenvalue weighted by Crippen LogP contribution is -2.48. The molecule has 1 saturated heterocycles. The number of nitrogens with zero attached hydrogens (tertiary/aromatic N) is 1. The zero-order valence-electron chi connectivity index (χ0n) is 14.3. The van der Waals surface area contributed by atoms with Gasteiger partial charge in [-0.25, -0.2) is 8.42 Å². The Morgan fingerprint density at radius 1 is 1.12 bits per heavy atom. The Morgan fingerprint density at radius 2 is 1.84 bits per heavy atom. The molecule has 2 aromatic carbocycles. The largest absolute Gasteiger partial charge is 0.497 e. The molecule has 5 nitrogen and oxygen atoms in total. The van der Waals surface area contributed by atoms with Crippen molar-refractivity contribution in [1.29, 1.82) is 0 Å². The fourth-order valence-electron chi connectivity index (χ4n) is 3.04. The molecule has 0 bridgehead atoms. The van der Waals surface area contributed by atoms with Gasteiger partial charge in [-0.2, -0.15) is 4.31 Å².